The van der Waals surface area contributed by atoms with Gasteiger partial charge in [-0.15, -0.1) is 11.8 Å². The fraction of sp³-hybridized carbons (Fsp3) is 0.219. The Hall–Kier alpha value is -4.90. The van der Waals surface area contributed by atoms with Gasteiger partial charge in [0, 0.05) is 11.3 Å². The average molecular weight is 600 g/mol. The number of amides is 3. The molecule has 1 fully saturated rings. The van der Waals surface area contributed by atoms with Gasteiger partial charge in [0.25, 0.3) is 5.91 Å². The number of ether oxygens (including phenoxy) is 2. The normalized spacial score (nSPS) is 18.1. The largest absolute Gasteiger partial charge is 0.453 e. The van der Waals surface area contributed by atoms with Crippen LogP contribution in [0.1, 0.15) is 34.5 Å². The predicted octanol–water partition coefficient (Wildman–Crippen LogP) is 3.75. The molecule has 10 nitrogen and oxygen atoms in total. The highest BCUT2D eigenvalue weighted by atomic mass is 32.2. The molecule has 5 rings (SSSR count). The Kier molecular flexibility index (Phi) is 9.21. The zero-order valence-electron chi connectivity index (χ0n) is 23.2. The van der Waals surface area contributed by atoms with Crippen molar-refractivity contribution >= 4 is 41.4 Å². The second kappa shape index (κ2) is 13.4. The van der Waals surface area contributed by atoms with E-state index < -0.39 is 47.9 Å². The summed E-state index contributed by atoms with van der Waals surface area (Å²) in [6.07, 6.45) is -0.796. The maximum absolute atomic E-state index is 13.5. The van der Waals surface area contributed by atoms with Gasteiger partial charge in [0.2, 0.25) is 5.91 Å². The van der Waals surface area contributed by atoms with E-state index in [1.54, 1.807) is 67.6 Å². The first-order valence-electron chi connectivity index (χ1n) is 13.6. The molecular weight excluding hydrogens is 570 g/mol. The van der Waals surface area contributed by atoms with Crippen LogP contribution in [0.15, 0.2) is 102 Å². The van der Waals surface area contributed by atoms with E-state index in [1.807, 2.05) is 30.3 Å². The molecule has 1 saturated heterocycles. The molecule has 0 aromatic heterocycles. The summed E-state index contributed by atoms with van der Waals surface area (Å²) in [5.41, 5.74) is 2.39. The summed E-state index contributed by atoms with van der Waals surface area (Å²) < 4.78 is 10.6. The summed E-state index contributed by atoms with van der Waals surface area (Å²) in [6.45, 7) is 1.27. The monoisotopic (exact) mass is 599 g/mol. The molecule has 0 bridgehead atoms. The SMILES string of the molecule is CC1=C(C(=O)OCC(=O)c2ccccc2)N2C(=O)[C@@H](NC(=O)[C@H](NC(=O)OCc3ccccc3)c3ccccc3)[C@H]2SC1. The quantitative estimate of drug-likeness (QED) is 0.205. The van der Waals surface area contributed by atoms with Crippen molar-refractivity contribution in [3.8, 4) is 0 Å². The number of rotatable bonds is 10. The molecule has 0 saturated carbocycles. The number of alkyl carbamates (subject to hydrolysis) is 1. The molecule has 2 N–H and O–H groups in total. The van der Waals surface area contributed by atoms with E-state index in [9.17, 15) is 24.0 Å². The Bertz CT molecular complexity index is 1550. The van der Waals surface area contributed by atoms with E-state index in [2.05, 4.69) is 10.6 Å². The van der Waals surface area contributed by atoms with E-state index in [0.717, 1.165) is 5.56 Å². The van der Waals surface area contributed by atoms with Crippen LogP contribution >= 0.6 is 11.8 Å². The average Bonchev–Trinajstić information content (AvgIpc) is 3.04. The maximum Gasteiger partial charge on any atom is 0.408 e. The molecular formula is C32H29N3O7S. The van der Waals surface area contributed by atoms with Gasteiger partial charge in [-0.25, -0.2) is 9.59 Å². The lowest BCUT2D eigenvalue weighted by atomic mass is 10.0. The number of fused-ring (bicyclic) bond motifs is 1. The van der Waals surface area contributed by atoms with E-state index >= 15 is 0 Å². The lowest BCUT2D eigenvalue weighted by Crippen LogP contribution is -2.71. The van der Waals surface area contributed by atoms with Crippen LogP contribution in [0.3, 0.4) is 0 Å². The summed E-state index contributed by atoms with van der Waals surface area (Å²) in [5, 5.41) is 4.78. The second-order valence-corrected chi connectivity index (χ2v) is 11.0. The van der Waals surface area contributed by atoms with E-state index in [4.69, 9.17) is 9.47 Å². The Labute approximate surface area is 252 Å². The van der Waals surface area contributed by atoms with Crippen molar-refractivity contribution in [1.82, 2.24) is 15.5 Å². The van der Waals surface area contributed by atoms with Gasteiger partial charge in [-0.1, -0.05) is 91.0 Å². The summed E-state index contributed by atoms with van der Waals surface area (Å²) in [4.78, 5) is 66.1. The first-order valence-corrected chi connectivity index (χ1v) is 14.6. The van der Waals surface area contributed by atoms with E-state index in [-0.39, 0.29) is 18.1 Å². The van der Waals surface area contributed by atoms with E-state index in [1.165, 1.54) is 16.7 Å². The highest BCUT2D eigenvalue weighted by Gasteiger charge is 2.54. The Morgan fingerprint density at radius 3 is 2.21 bits per heavy atom. The van der Waals surface area contributed by atoms with Crippen LogP contribution in [-0.2, 0) is 30.5 Å². The predicted molar refractivity (Wildman–Crippen MR) is 158 cm³/mol. The van der Waals surface area contributed by atoms with Crippen LogP contribution in [0.4, 0.5) is 4.79 Å². The lowest BCUT2D eigenvalue weighted by molar-refractivity contribution is -0.152. The van der Waals surface area contributed by atoms with Crippen LogP contribution in [-0.4, -0.2) is 58.3 Å². The van der Waals surface area contributed by atoms with Crippen molar-refractivity contribution in [2.45, 2.75) is 31.0 Å². The fourth-order valence-corrected chi connectivity index (χ4v) is 6.03. The van der Waals surface area contributed by atoms with Crippen LogP contribution in [0, 0.1) is 0 Å². The number of hydrogen-bond acceptors (Lipinski definition) is 8. The van der Waals surface area contributed by atoms with Gasteiger partial charge < -0.3 is 20.1 Å². The molecule has 11 heteroatoms. The highest BCUT2D eigenvalue weighted by Crippen LogP contribution is 2.40. The molecule has 3 aromatic carbocycles. The topological polar surface area (TPSA) is 131 Å². The van der Waals surface area contributed by atoms with Crippen molar-refractivity contribution < 1.29 is 33.4 Å². The number of ketones is 1. The number of nitrogens with zero attached hydrogens (tertiary/aromatic N) is 1. The summed E-state index contributed by atoms with van der Waals surface area (Å²) >= 11 is 1.39. The Morgan fingerprint density at radius 1 is 0.907 bits per heavy atom. The van der Waals surface area contributed by atoms with Gasteiger partial charge >= 0.3 is 12.1 Å². The first kappa shape index (κ1) is 29.6. The number of thioether (sulfide) groups is 1. The first-order chi connectivity index (χ1) is 20.8. The Balaban J connectivity index is 1.23. The molecule has 0 aliphatic carbocycles. The van der Waals surface area contributed by atoms with Gasteiger partial charge in [-0.3, -0.25) is 19.3 Å². The molecule has 2 aliphatic rings. The molecule has 0 radical (unpaired) electrons. The van der Waals surface area contributed by atoms with Gasteiger partial charge in [0.15, 0.2) is 12.4 Å². The molecule has 0 unspecified atom stereocenters. The van der Waals surface area contributed by atoms with Crippen LogP contribution in [0.25, 0.3) is 0 Å². The summed E-state index contributed by atoms with van der Waals surface area (Å²) in [6, 6.07) is 24.1. The number of Topliss-reactive ketones (excluding diaryl/α,β-unsaturated/α-hetero) is 1. The third-order valence-electron chi connectivity index (χ3n) is 6.95. The molecule has 220 valence electrons. The molecule has 0 spiro atoms. The third kappa shape index (κ3) is 6.78. The zero-order chi connectivity index (χ0) is 30.3. The van der Waals surface area contributed by atoms with Crippen LogP contribution in [0.2, 0.25) is 0 Å². The second-order valence-electron chi connectivity index (χ2n) is 9.94. The lowest BCUT2D eigenvalue weighted by Gasteiger charge is -2.49. The van der Waals surface area contributed by atoms with Gasteiger partial charge in [0.1, 0.15) is 29.8 Å². The number of carbonyl (C=O) groups excluding carboxylic acids is 5. The number of β-lactam (4-membered cyclic amide) rings is 1. The minimum atomic E-state index is -1.13. The van der Waals surface area contributed by atoms with Crippen molar-refractivity contribution in [3.05, 3.63) is 119 Å². The molecule has 2 aliphatic heterocycles. The number of nitrogens with one attached hydrogen (secondary N) is 2. The summed E-state index contributed by atoms with van der Waals surface area (Å²) in [7, 11) is 0. The number of carbonyl (C=O) groups is 5. The fourth-order valence-electron chi connectivity index (χ4n) is 4.73. The Morgan fingerprint density at radius 2 is 1.53 bits per heavy atom. The highest BCUT2D eigenvalue weighted by molar-refractivity contribution is 8.00. The molecule has 3 atom stereocenters. The molecule has 3 amide bonds. The van der Waals surface area contributed by atoms with Crippen LogP contribution < -0.4 is 10.6 Å². The standard InChI is InChI=1S/C32H29N3O7S/c1-20-19-43-30-26(29(38)35(30)27(20)31(39)41-18-24(36)22-13-7-3-8-14-22)33-28(37)25(23-15-9-4-10-16-23)34-32(40)42-17-21-11-5-2-6-12-21/h2-16,25-26,30H,17-19H2,1H3,(H,33,37)(H,34,40)/t25-,26-,30-/m1/s1. The van der Waals surface area contributed by atoms with Gasteiger partial charge in [-0.2, -0.15) is 0 Å². The number of esters is 1. The smallest absolute Gasteiger partial charge is 0.408 e. The van der Waals surface area contributed by atoms with Gasteiger partial charge in [-0.05, 0) is 23.6 Å². The van der Waals surface area contributed by atoms with Gasteiger partial charge in [0.05, 0.1) is 0 Å². The molecule has 2 heterocycles. The number of benzene rings is 3. The maximum atomic E-state index is 13.5. The van der Waals surface area contributed by atoms with Crippen molar-refractivity contribution in [1.29, 1.82) is 0 Å². The minimum Gasteiger partial charge on any atom is -0.453 e. The zero-order valence-corrected chi connectivity index (χ0v) is 24.0. The number of hydrogen-bond donors (Lipinski definition) is 2. The van der Waals surface area contributed by atoms with Crippen molar-refractivity contribution in [2.75, 3.05) is 12.4 Å². The van der Waals surface area contributed by atoms with E-state index in [0.29, 0.717) is 22.5 Å². The third-order valence-corrected chi connectivity index (χ3v) is 8.37. The van der Waals surface area contributed by atoms with Crippen molar-refractivity contribution in [3.63, 3.8) is 0 Å². The molecule has 43 heavy (non-hydrogen) atoms. The minimum absolute atomic E-state index is 0.0199. The van der Waals surface area contributed by atoms with Crippen molar-refractivity contribution in [2.24, 2.45) is 0 Å². The summed E-state index contributed by atoms with van der Waals surface area (Å²) in [5.74, 6) is -1.83. The van der Waals surface area contributed by atoms with Crippen LogP contribution in [0.5, 0.6) is 0 Å². The molecule has 3 aromatic rings.